The Kier molecular flexibility index (Phi) is 3.39. The van der Waals surface area contributed by atoms with E-state index in [1.807, 2.05) is 6.92 Å². The van der Waals surface area contributed by atoms with Gasteiger partial charge in [-0.3, -0.25) is 4.79 Å². The van der Waals surface area contributed by atoms with Gasteiger partial charge in [-0.15, -0.1) is 0 Å². The molecule has 0 aromatic carbocycles. The van der Waals surface area contributed by atoms with E-state index in [4.69, 9.17) is 10.5 Å². The smallest absolute Gasteiger partial charge is 0.319 e. The zero-order valence-corrected chi connectivity index (χ0v) is 10.9. The predicted molar refractivity (Wildman–Crippen MR) is 65.6 cm³/mol. The van der Waals surface area contributed by atoms with Crippen LogP contribution in [0.1, 0.15) is 18.5 Å². The Balaban J connectivity index is 2.11. The first-order chi connectivity index (χ1) is 7.61. The molecule has 2 N–H and O–H groups in total. The molecule has 1 aromatic heterocycles. The fourth-order valence-corrected chi connectivity index (χ4v) is 3.91. The number of esters is 1. The molecule has 0 spiro atoms. The number of thiazole rings is 1. The number of thioether (sulfide) groups is 1. The Morgan fingerprint density at radius 2 is 2.38 bits per heavy atom. The highest BCUT2D eigenvalue weighted by atomic mass is 32.2. The number of aromatic nitrogens is 1. The van der Waals surface area contributed by atoms with Crippen LogP contribution in [-0.4, -0.2) is 23.3 Å². The van der Waals surface area contributed by atoms with Crippen LogP contribution in [0.4, 0.5) is 5.13 Å². The van der Waals surface area contributed by atoms with Crippen molar-refractivity contribution < 1.29 is 9.53 Å². The third-order valence-electron chi connectivity index (χ3n) is 2.49. The number of aryl methyl sites for hydroxylation is 1. The first-order valence-electron chi connectivity index (χ1n) is 5.09. The van der Waals surface area contributed by atoms with Gasteiger partial charge in [0, 0.05) is 0 Å². The number of nitrogen functional groups attached to an aromatic ring is 1. The van der Waals surface area contributed by atoms with E-state index in [1.165, 1.54) is 18.4 Å². The summed E-state index contributed by atoms with van der Waals surface area (Å²) in [6, 6.07) is 0. The fourth-order valence-electron chi connectivity index (χ4n) is 1.48. The van der Waals surface area contributed by atoms with Crippen LogP contribution in [0.15, 0.2) is 4.21 Å². The first kappa shape index (κ1) is 11.7. The number of anilines is 1. The zero-order valence-electron chi connectivity index (χ0n) is 9.23. The number of carbonyl (C=O) groups is 1. The Hall–Kier alpha value is -0.750. The molecule has 1 fully saturated rings. The maximum atomic E-state index is 11.6. The Bertz CT molecular complexity index is 402. The normalized spacial score (nSPS) is 17.1. The van der Waals surface area contributed by atoms with E-state index in [9.17, 15) is 4.79 Å². The third kappa shape index (κ3) is 2.49. The summed E-state index contributed by atoms with van der Waals surface area (Å²) in [5.41, 5.74) is 6.54. The standard InChI is InChI=1S/C10H14N2O2S2/c1-5-9(16-10(11)12-5)15-7(6-3-4-6)8(13)14-2/h6-7H,3-4H2,1-2H3,(H2,11,12). The van der Waals surface area contributed by atoms with Crippen LogP contribution in [-0.2, 0) is 9.53 Å². The molecule has 16 heavy (non-hydrogen) atoms. The number of methoxy groups -OCH3 is 1. The van der Waals surface area contributed by atoms with Gasteiger partial charge in [0.2, 0.25) is 0 Å². The quantitative estimate of drug-likeness (QED) is 0.661. The Morgan fingerprint density at radius 1 is 1.69 bits per heavy atom. The van der Waals surface area contributed by atoms with E-state index in [1.54, 1.807) is 11.8 Å². The highest BCUT2D eigenvalue weighted by Gasteiger charge is 2.38. The monoisotopic (exact) mass is 258 g/mol. The molecule has 0 aliphatic heterocycles. The molecule has 0 saturated heterocycles. The minimum Gasteiger partial charge on any atom is -0.468 e. The summed E-state index contributed by atoms with van der Waals surface area (Å²) in [7, 11) is 1.44. The van der Waals surface area contributed by atoms with Gasteiger partial charge in [-0.25, -0.2) is 4.98 Å². The van der Waals surface area contributed by atoms with E-state index in [0.717, 1.165) is 22.7 Å². The molecule has 0 radical (unpaired) electrons. The SMILES string of the molecule is COC(=O)C(Sc1sc(N)nc1C)C1CC1. The Labute approximate surface area is 103 Å². The molecule has 0 amide bonds. The molecule has 1 atom stereocenters. The number of nitrogens with zero attached hydrogens (tertiary/aromatic N) is 1. The van der Waals surface area contributed by atoms with Crippen molar-refractivity contribution >= 4 is 34.2 Å². The lowest BCUT2D eigenvalue weighted by atomic mass is 10.3. The van der Waals surface area contributed by atoms with Crippen LogP contribution in [0.5, 0.6) is 0 Å². The van der Waals surface area contributed by atoms with Crippen LogP contribution in [0.25, 0.3) is 0 Å². The van der Waals surface area contributed by atoms with E-state index >= 15 is 0 Å². The van der Waals surface area contributed by atoms with Crippen molar-refractivity contribution in [2.75, 3.05) is 12.8 Å². The second-order valence-corrected chi connectivity index (χ2v) is 6.26. The number of nitrogens with two attached hydrogens (primary N) is 1. The zero-order chi connectivity index (χ0) is 11.7. The van der Waals surface area contributed by atoms with Gasteiger partial charge in [-0.2, -0.15) is 0 Å². The molecule has 1 aromatic rings. The summed E-state index contributed by atoms with van der Waals surface area (Å²) in [5.74, 6) is 0.319. The second kappa shape index (κ2) is 4.63. The summed E-state index contributed by atoms with van der Waals surface area (Å²) in [5, 5.41) is 0.461. The lowest BCUT2D eigenvalue weighted by Gasteiger charge is -2.11. The highest BCUT2D eigenvalue weighted by molar-refractivity contribution is 8.02. The number of carbonyl (C=O) groups excluding carboxylic acids is 1. The van der Waals surface area contributed by atoms with Crippen LogP contribution < -0.4 is 5.73 Å². The average Bonchev–Trinajstić information content (AvgIpc) is 3.02. The van der Waals surface area contributed by atoms with Gasteiger partial charge in [-0.1, -0.05) is 23.1 Å². The van der Waals surface area contributed by atoms with Crippen molar-refractivity contribution in [2.45, 2.75) is 29.2 Å². The van der Waals surface area contributed by atoms with Crippen molar-refractivity contribution in [1.29, 1.82) is 0 Å². The highest BCUT2D eigenvalue weighted by Crippen LogP contribution is 2.44. The second-order valence-electron chi connectivity index (χ2n) is 3.82. The van der Waals surface area contributed by atoms with Crippen molar-refractivity contribution in [2.24, 2.45) is 5.92 Å². The largest absolute Gasteiger partial charge is 0.468 e. The summed E-state index contributed by atoms with van der Waals surface area (Å²) < 4.78 is 5.85. The molecular weight excluding hydrogens is 244 g/mol. The molecule has 1 unspecified atom stereocenters. The summed E-state index contributed by atoms with van der Waals surface area (Å²) >= 11 is 2.98. The molecular formula is C10H14N2O2S2. The summed E-state index contributed by atoms with van der Waals surface area (Å²) in [6.45, 7) is 1.91. The van der Waals surface area contributed by atoms with Gasteiger partial charge in [0.25, 0.3) is 0 Å². The van der Waals surface area contributed by atoms with Crippen molar-refractivity contribution in [3.63, 3.8) is 0 Å². The molecule has 0 bridgehead atoms. The Morgan fingerprint density at radius 3 is 2.81 bits per heavy atom. The van der Waals surface area contributed by atoms with E-state index in [0.29, 0.717) is 11.0 Å². The van der Waals surface area contributed by atoms with Crippen molar-refractivity contribution in [3.8, 4) is 0 Å². The van der Waals surface area contributed by atoms with E-state index in [2.05, 4.69) is 4.98 Å². The molecule has 6 heteroatoms. The van der Waals surface area contributed by atoms with Gasteiger partial charge in [0.05, 0.1) is 17.0 Å². The van der Waals surface area contributed by atoms with Crippen LogP contribution in [0.2, 0.25) is 0 Å². The number of hydrogen-bond donors (Lipinski definition) is 1. The molecule has 1 saturated carbocycles. The lowest BCUT2D eigenvalue weighted by molar-refractivity contribution is -0.140. The van der Waals surface area contributed by atoms with Crippen LogP contribution in [0, 0.1) is 12.8 Å². The summed E-state index contributed by atoms with van der Waals surface area (Å²) in [6.07, 6.45) is 2.22. The minimum atomic E-state index is -0.140. The molecule has 88 valence electrons. The third-order valence-corrected chi connectivity index (χ3v) is 5.15. The number of rotatable bonds is 4. The maximum Gasteiger partial charge on any atom is 0.319 e. The number of ether oxygens (including phenoxy) is 1. The minimum absolute atomic E-state index is 0.0939. The maximum absolute atomic E-state index is 11.6. The van der Waals surface area contributed by atoms with Crippen LogP contribution >= 0.6 is 23.1 Å². The van der Waals surface area contributed by atoms with Crippen LogP contribution in [0.3, 0.4) is 0 Å². The average molecular weight is 258 g/mol. The van der Waals surface area contributed by atoms with E-state index in [-0.39, 0.29) is 11.2 Å². The van der Waals surface area contributed by atoms with Crippen molar-refractivity contribution in [1.82, 2.24) is 4.98 Å². The van der Waals surface area contributed by atoms with Gasteiger partial charge in [0.15, 0.2) is 5.13 Å². The first-order valence-corrected chi connectivity index (χ1v) is 6.79. The van der Waals surface area contributed by atoms with Crippen molar-refractivity contribution in [3.05, 3.63) is 5.69 Å². The molecule has 2 rings (SSSR count). The number of hydrogen-bond acceptors (Lipinski definition) is 6. The molecule has 1 aliphatic carbocycles. The van der Waals surface area contributed by atoms with Gasteiger partial charge < -0.3 is 10.5 Å². The molecule has 1 aliphatic rings. The predicted octanol–water partition coefficient (Wildman–Crippen LogP) is 2.08. The van der Waals surface area contributed by atoms with Gasteiger partial charge in [-0.05, 0) is 25.7 Å². The summed E-state index contributed by atoms with van der Waals surface area (Å²) in [4.78, 5) is 15.8. The van der Waals surface area contributed by atoms with Gasteiger partial charge in [0.1, 0.15) is 5.25 Å². The van der Waals surface area contributed by atoms with Gasteiger partial charge >= 0.3 is 5.97 Å². The molecule has 4 nitrogen and oxygen atoms in total. The fraction of sp³-hybridized carbons (Fsp3) is 0.600. The molecule has 1 heterocycles. The lowest BCUT2D eigenvalue weighted by Crippen LogP contribution is -2.20. The topological polar surface area (TPSA) is 65.2 Å². The van der Waals surface area contributed by atoms with E-state index < -0.39 is 0 Å².